The molecule has 0 fully saturated rings. The number of para-hydroxylation sites is 1. The van der Waals surface area contributed by atoms with Gasteiger partial charge in [-0.25, -0.2) is 0 Å². The van der Waals surface area contributed by atoms with Gasteiger partial charge >= 0.3 is 0 Å². The number of nitrogens with zero attached hydrogens (tertiary/aromatic N) is 1. The summed E-state index contributed by atoms with van der Waals surface area (Å²) in [6.45, 7) is 2.01. The number of guanidine groups is 1. The first-order chi connectivity index (χ1) is 13.3. The summed E-state index contributed by atoms with van der Waals surface area (Å²) in [6.07, 6.45) is 4.86. The van der Waals surface area contributed by atoms with Gasteiger partial charge in [0.1, 0.15) is 0 Å². The highest BCUT2D eigenvalue weighted by Gasteiger charge is 2.10. The standard InChI is InChI=1S/C21H24N4O2/c22-21(25-16-8-9-19-20(13-16)27-12-4-11-26-19)23-10-3-5-15-14-24-18-7-2-1-6-17(15)18/h1-2,6-9,13-14,24H,3-5,10-12H2,(H3,22,23,25). The Morgan fingerprint density at radius 3 is 2.89 bits per heavy atom. The first-order valence-corrected chi connectivity index (χ1v) is 9.31. The molecule has 0 aliphatic carbocycles. The summed E-state index contributed by atoms with van der Waals surface area (Å²) < 4.78 is 11.3. The quantitative estimate of drug-likeness (QED) is 0.366. The third-order valence-electron chi connectivity index (χ3n) is 4.58. The average Bonchev–Trinajstić information content (AvgIpc) is 2.94. The first-order valence-electron chi connectivity index (χ1n) is 9.31. The molecule has 2 aromatic carbocycles. The number of aliphatic imine (C=N–C) groups is 1. The molecule has 0 unspecified atom stereocenters. The van der Waals surface area contributed by atoms with Crippen molar-refractivity contribution in [3.8, 4) is 11.5 Å². The van der Waals surface area contributed by atoms with Crippen LogP contribution in [0.1, 0.15) is 18.4 Å². The van der Waals surface area contributed by atoms with Gasteiger partial charge in [-0.1, -0.05) is 18.2 Å². The lowest BCUT2D eigenvalue weighted by molar-refractivity contribution is 0.297. The zero-order valence-corrected chi connectivity index (χ0v) is 15.2. The minimum absolute atomic E-state index is 0.406. The van der Waals surface area contributed by atoms with Gasteiger partial charge in [0.15, 0.2) is 17.5 Å². The van der Waals surface area contributed by atoms with Crippen molar-refractivity contribution in [2.24, 2.45) is 10.7 Å². The molecule has 140 valence electrons. The smallest absolute Gasteiger partial charge is 0.193 e. The number of nitrogens with two attached hydrogens (primary N) is 1. The molecule has 2 heterocycles. The van der Waals surface area contributed by atoms with Gasteiger partial charge in [-0.15, -0.1) is 0 Å². The number of rotatable bonds is 5. The van der Waals surface area contributed by atoms with Gasteiger partial charge in [0, 0.05) is 41.8 Å². The first kappa shape index (κ1) is 17.3. The topological polar surface area (TPSA) is 84.7 Å². The van der Waals surface area contributed by atoms with Gasteiger partial charge < -0.3 is 25.5 Å². The molecule has 4 rings (SSSR count). The Morgan fingerprint density at radius 2 is 1.96 bits per heavy atom. The summed E-state index contributed by atoms with van der Waals surface area (Å²) in [5.74, 6) is 1.92. The Labute approximate surface area is 158 Å². The zero-order chi connectivity index (χ0) is 18.5. The van der Waals surface area contributed by atoms with Crippen LogP contribution in [-0.4, -0.2) is 30.7 Å². The predicted molar refractivity (Wildman–Crippen MR) is 109 cm³/mol. The van der Waals surface area contributed by atoms with Gasteiger partial charge in [-0.3, -0.25) is 4.99 Å². The van der Waals surface area contributed by atoms with Gasteiger partial charge in [-0.2, -0.15) is 0 Å². The minimum Gasteiger partial charge on any atom is -0.490 e. The number of aryl methyl sites for hydroxylation is 1. The number of anilines is 1. The number of ether oxygens (including phenoxy) is 2. The van der Waals surface area contributed by atoms with Crippen LogP contribution in [0.15, 0.2) is 53.7 Å². The molecule has 0 spiro atoms. The highest BCUT2D eigenvalue weighted by atomic mass is 16.5. The van der Waals surface area contributed by atoms with Crippen molar-refractivity contribution < 1.29 is 9.47 Å². The summed E-state index contributed by atoms with van der Waals surface area (Å²) in [6, 6.07) is 14.1. The van der Waals surface area contributed by atoms with Crippen LogP contribution in [0.4, 0.5) is 5.69 Å². The van der Waals surface area contributed by atoms with E-state index in [9.17, 15) is 0 Å². The van der Waals surface area contributed by atoms with E-state index in [0.717, 1.165) is 36.4 Å². The molecule has 3 aromatic rings. The highest BCUT2D eigenvalue weighted by molar-refractivity contribution is 5.92. The number of fused-ring (bicyclic) bond motifs is 2. The summed E-state index contributed by atoms with van der Waals surface area (Å²) in [5.41, 5.74) is 9.36. The number of H-pyrrole nitrogens is 1. The van der Waals surface area contributed by atoms with Crippen molar-refractivity contribution in [3.05, 3.63) is 54.2 Å². The summed E-state index contributed by atoms with van der Waals surface area (Å²) >= 11 is 0. The largest absolute Gasteiger partial charge is 0.490 e. The van der Waals surface area contributed by atoms with E-state index >= 15 is 0 Å². The molecule has 6 heteroatoms. The number of nitrogens with one attached hydrogen (secondary N) is 2. The van der Waals surface area contributed by atoms with Crippen LogP contribution in [0.2, 0.25) is 0 Å². The van der Waals surface area contributed by atoms with E-state index in [1.165, 1.54) is 16.5 Å². The Kier molecular flexibility index (Phi) is 5.14. The second kappa shape index (κ2) is 8.03. The molecule has 1 aromatic heterocycles. The van der Waals surface area contributed by atoms with Crippen molar-refractivity contribution in [1.29, 1.82) is 0 Å². The summed E-state index contributed by atoms with van der Waals surface area (Å²) in [7, 11) is 0. The lowest BCUT2D eigenvalue weighted by Crippen LogP contribution is -2.22. The van der Waals surface area contributed by atoms with Crippen LogP contribution in [0, 0.1) is 0 Å². The molecule has 1 aliphatic rings. The second-order valence-electron chi connectivity index (χ2n) is 6.57. The molecule has 0 atom stereocenters. The zero-order valence-electron chi connectivity index (χ0n) is 15.2. The monoisotopic (exact) mass is 364 g/mol. The third-order valence-corrected chi connectivity index (χ3v) is 4.58. The van der Waals surface area contributed by atoms with E-state index in [2.05, 4.69) is 39.7 Å². The second-order valence-corrected chi connectivity index (χ2v) is 6.57. The number of benzene rings is 2. The lowest BCUT2D eigenvalue weighted by Gasteiger charge is -2.10. The van der Waals surface area contributed by atoms with E-state index in [1.54, 1.807) is 0 Å². The van der Waals surface area contributed by atoms with E-state index in [4.69, 9.17) is 15.2 Å². The van der Waals surface area contributed by atoms with Crippen molar-refractivity contribution in [2.75, 3.05) is 25.1 Å². The summed E-state index contributed by atoms with van der Waals surface area (Å²) in [4.78, 5) is 7.74. The molecule has 6 nitrogen and oxygen atoms in total. The maximum absolute atomic E-state index is 6.02. The Hall–Kier alpha value is -3.15. The van der Waals surface area contributed by atoms with Crippen LogP contribution in [0.5, 0.6) is 11.5 Å². The molecular weight excluding hydrogens is 340 g/mol. The normalized spacial score (nSPS) is 14.1. The van der Waals surface area contributed by atoms with Crippen molar-refractivity contribution in [1.82, 2.24) is 4.98 Å². The van der Waals surface area contributed by atoms with Gasteiger partial charge in [0.25, 0.3) is 0 Å². The summed E-state index contributed by atoms with van der Waals surface area (Å²) in [5, 5.41) is 4.40. The SMILES string of the molecule is NC(=NCCCc1c[nH]c2ccccc12)Nc1ccc2c(c1)OCCCO2. The number of hydrogen-bond donors (Lipinski definition) is 3. The van der Waals surface area contributed by atoms with Crippen LogP contribution >= 0.6 is 0 Å². The highest BCUT2D eigenvalue weighted by Crippen LogP contribution is 2.32. The molecule has 4 N–H and O–H groups in total. The maximum Gasteiger partial charge on any atom is 0.193 e. The van der Waals surface area contributed by atoms with Gasteiger partial charge in [-0.05, 0) is 36.6 Å². The Bertz CT molecular complexity index is 948. The lowest BCUT2D eigenvalue weighted by atomic mass is 10.1. The molecule has 0 radical (unpaired) electrons. The van der Waals surface area contributed by atoms with E-state index in [1.807, 2.05) is 24.3 Å². The minimum atomic E-state index is 0.406. The van der Waals surface area contributed by atoms with Gasteiger partial charge in [0.05, 0.1) is 13.2 Å². The van der Waals surface area contributed by atoms with Crippen molar-refractivity contribution in [2.45, 2.75) is 19.3 Å². The van der Waals surface area contributed by atoms with E-state index < -0.39 is 0 Å². The molecule has 0 saturated carbocycles. The number of aromatic nitrogens is 1. The molecular formula is C21H24N4O2. The molecule has 0 bridgehead atoms. The molecule has 0 amide bonds. The number of aromatic amines is 1. The Morgan fingerprint density at radius 1 is 1.11 bits per heavy atom. The van der Waals surface area contributed by atoms with E-state index in [-0.39, 0.29) is 0 Å². The fraction of sp³-hybridized carbons (Fsp3) is 0.286. The molecule has 27 heavy (non-hydrogen) atoms. The van der Waals surface area contributed by atoms with Gasteiger partial charge in [0.2, 0.25) is 0 Å². The van der Waals surface area contributed by atoms with E-state index in [0.29, 0.717) is 25.7 Å². The van der Waals surface area contributed by atoms with Crippen LogP contribution in [0.25, 0.3) is 10.9 Å². The number of hydrogen-bond acceptors (Lipinski definition) is 3. The third kappa shape index (κ3) is 4.16. The van der Waals surface area contributed by atoms with Crippen LogP contribution in [0.3, 0.4) is 0 Å². The fourth-order valence-electron chi connectivity index (χ4n) is 3.24. The average molecular weight is 364 g/mol. The predicted octanol–water partition coefficient (Wildman–Crippen LogP) is 3.69. The van der Waals surface area contributed by atoms with Crippen molar-refractivity contribution in [3.63, 3.8) is 0 Å². The maximum atomic E-state index is 6.02. The van der Waals surface area contributed by atoms with Crippen LogP contribution in [-0.2, 0) is 6.42 Å². The fourth-order valence-corrected chi connectivity index (χ4v) is 3.24. The molecule has 0 saturated heterocycles. The Balaban J connectivity index is 1.31. The molecule has 1 aliphatic heterocycles. The van der Waals surface area contributed by atoms with Crippen LogP contribution < -0.4 is 20.5 Å². The van der Waals surface area contributed by atoms with Crippen molar-refractivity contribution >= 4 is 22.5 Å².